The van der Waals surface area contributed by atoms with Gasteiger partial charge < -0.3 is 9.84 Å². The lowest BCUT2D eigenvalue weighted by Gasteiger charge is -2.05. The maximum Gasteiger partial charge on any atom is 0.252 e. The molecule has 0 bridgehead atoms. The monoisotopic (exact) mass is 421 g/mol. The topological polar surface area (TPSA) is 68.0 Å². The molecular formula is C11H9BrIN3O2. The molecule has 1 N–H and O–H groups in total. The van der Waals surface area contributed by atoms with Crippen LogP contribution in [0.5, 0.6) is 0 Å². The van der Waals surface area contributed by atoms with Crippen molar-refractivity contribution in [2.24, 2.45) is 0 Å². The van der Waals surface area contributed by atoms with Crippen LogP contribution in [0.3, 0.4) is 0 Å². The van der Waals surface area contributed by atoms with Crippen molar-refractivity contribution in [3.63, 3.8) is 0 Å². The van der Waals surface area contributed by atoms with Crippen LogP contribution >= 0.6 is 38.5 Å². The molecule has 7 heteroatoms. The molecule has 1 aromatic heterocycles. The Balaban J connectivity index is 2.05. The fourth-order valence-corrected chi connectivity index (χ4v) is 2.25. The molecule has 0 spiro atoms. The molecule has 5 nitrogen and oxygen atoms in total. The molecule has 1 amide bonds. The van der Waals surface area contributed by atoms with Crippen LogP contribution < -0.4 is 5.32 Å². The van der Waals surface area contributed by atoms with Crippen molar-refractivity contribution in [1.29, 1.82) is 0 Å². The molecule has 0 saturated heterocycles. The lowest BCUT2D eigenvalue weighted by molar-refractivity contribution is 0.0945. The van der Waals surface area contributed by atoms with E-state index in [1.165, 1.54) is 0 Å². The second kappa shape index (κ2) is 5.79. The van der Waals surface area contributed by atoms with E-state index in [1.54, 1.807) is 13.0 Å². The number of aromatic nitrogens is 2. The van der Waals surface area contributed by atoms with E-state index in [0.717, 1.165) is 8.04 Å². The third-order valence-corrected chi connectivity index (χ3v) is 3.51. The lowest BCUT2D eigenvalue weighted by Crippen LogP contribution is -2.23. The minimum Gasteiger partial charge on any atom is -0.343 e. The van der Waals surface area contributed by atoms with Gasteiger partial charge in [0.05, 0.1) is 12.1 Å². The molecule has 2 rings (SSSR count). The van der Waals surface area contributed by atoms with Crippen molar-refractivity contribution in [2.45, 2.75) is 13.5 Å². The maximum absolute atomic E-state index is 12.0. The predicted molar refractivity (Wildman–Crippen MR) is 77.1 cm³/mol. The molecule has 0 saturated carbocycles. The van der Waals surface area contributed by atoms with E-state index in [0.29, 0.717) is 17.3 Å². The highest BCUT2D eigenvalue weighted by molar-refractivity contribution is 14.1. The van der Waals surface area contributed by atoms with Gasteiger partial charge in [-0.3, -0.25) is 4.79 Å². The Hall–Kier alpha value is -0.960. The lowest BCUT2D eigenvalue weighted by atomic mass is 10.2. The van der Waals surface area contributed by atoms with Crippen molar-refractivity contribution >= 4 is 44.4 Å². The van der Waals surface area contributed by atoms with Crippen LogP contribution in [0.25, 0.3) is 0 Å². The summed E-state index contributed by atoms with van der Waals surface area (Å²) in [5.41, 5.74) is 0.582. The molecular weight excluding hydrogens is 413 g/mol. The van der Waals surface area contributed by atoms with E-state index >= 15 is 0 Å². The molecule has 94 valence electrons. The summed E-state index contributed by atoms with van der Waals surface area (Å²) in [5.74, 6) is 0.758. The Morgan fingerprint density at radius 3 is 3.00 bits per heavy atom. The second-order valence-corrected chi connectivity index (χ2v) is 5.64. The first kappa shape index (κ1) is 13.5. The number of carbonyl (C=O) groups is 1. The van der Waals surface area contributed by atoms with Gasteiger partial charge in [0.25, 0.3) is 5.91 Å². The number of amides is 1. The Morgan fingerprint density at radius 2 is 2.33 bits per heavy atom. The molecule has 1 aromatic carbocycles. The largest absolute Gasteiger partial charge is 0.343 e. The molecule has 0 aliphatic heterocycles. The van der Waals surface area contributed by atoms with Crippen molar-refractivity contribution in [3.8, 4) is 0 Å². The molecule has 0 fully saturated rings. The summed E-state index contributed by atoms with van der Waals surface area (Å²) in [6.07, 6.45) is 0. The zero-order valence-corrected chi connectivity index (χ0v) is 13.1. The minimum atomic E-state index is -0.184. The normalized spacial score (nSPS) is 10.4. The van der Waals surface area contributed by atoms with Crippen molar-refractivity contribution in [2.75, 3.05) is 0 Å². The molecule has 1 heterocycles. The number of carbonyl (C=O) groups excluding carboxylic acids is 1. The van der Waals surface area contributed by atoms with Crippen LogP contribution in [-0.2, 0) is 6.54 Å². The smallest absolute Gasteiger partial charge is 0.252 e. The molecule has 0 atom stereocenters. The minimum absolute atomic E-state index is 0.184. The highest BCUT2D eigenvalue weighted by atomic mass is 127. The van der Waals surface area contributed by atoms with Gasteiger partial charge in [0.15, 0.2) is 5.82 Å². The molecule has 0 radical (unpaired) electrons. The van der Waals surface area contributed by atoms with Gasteiger partial charge >= 0.3 is 0 Å². The number of nitrogens with one attached hydrogen (secondary N) is 1. The summed E-state index contributed by atoms with van der Waals surface area (Å²) < 4.78 is 6.66. The van der Waals surface area contributed by atoms with E-state index in [-0.39, 0.29) is 12.5 Å². The summed E-state index contributed by atoms with van der Waals surface area (Å²) in [5, 5.41) is 6.38. The standard InChI is InChI=1S/C11H9BrIN3O2/c1-6-15-10(18-16-6)5-14-11(17)8-4-7(13)2-3-9(8)12/h2-4H,5H2,1H3,(H,14,17). The molecule has 0 aliphatic carbocycles. The van der Waals surface area contributed by atoms with Gasteiger partial charge in [-0.2, -0.15) is 4.98 Å². The van der Waals surface area contributed by atoms with E-state index < -0.39 is 0 Å². The van der Waals surface area contributed by atoms with E-state index in [9.17, 15) is 4.79 Å². The molecule has 18 heavy (non-hydrogen) atoms. The zero-order valence-electron chi connectivity index (χ0n) is 9.41. The number of rotatable bonds is 3. The number of hydrogen-bond donors (Lipinski definition) is 1. The Bertz CT molecular complexity index is 585. The van der Waals surface area contributed by atoms with Crippen molar-refractivity contribution in [1.82, 2.24) is 15.5 Å². The van der Waals surface area contributed by atoms with E-state index in [1.807, 2.05) is 12.1 Å². The first-order valence-electron chi connectivity index (χ1n) is 5.08. The number of nitrogens with zero attached hydrogens (tertiary/aromatic N) is 2. The first-order valence-corrected chi connectivity index (χ1v) is 6.96. The van der Waals surface area contributed by atoms with Crippen molar-refractivity contribution in [3.05, 3.63) is 43.5 Å². The third kappa shape index (κ3) is 3.29. The summed E-state index contributed by atoms with van der Waals surface area (Å²) in [4.78, 5) is 16.0. The van der Waals surface area contributed by atoms with Gasteiger partial charge in [-0.05, 0) is 63.6 Å². The van der Waals surface area contributed by atoms with Crippen LogP contribution in [0.4, 0.5) is 0 Å². The zero-order chi connectivity index (χ0) is 13.1. The summed E-state index contributed by atoms with van der Waals surface area (Å²) in [6.45, 7) is 1.95. The average Bonchev–Trinajstić information content (AvgIpc) is 2.75. The fourth-order valence-electron chi connectivity index (χ4n) is 1.33. The van der Waals surface area contributed by atoms with Crippen LogP contribution in [-0.4, -0.2) is 16.0 Å². The molecule has 0 unspecified atom stereocenters. The number of halogens is 2. The highest BCUT2D eigenvalue weighted by Crippen LogP contribution is 2.19. The summed E-state index contributed by atoms with van der Waals surface area (Å²) in [7, 11) is 0. The second-order valence-electron chi connectivity index (χ2n) is 3.54. The van der Waals surface area contributed by atoms with Gasteiger partial charge in [0, 0.05) is 8.04 Å². The van der Waals surface area contributed by atoms with Gasteiger partial charge in [-0.25, -0.2) is 0 Å². The Morgan fingerprint density at radius 1 is 1.56 bits per heavy atom. The number of aryl methyl sites for hydroxylation is 1. The van der Waals surface area contributed by atoms with Gasteiger partial charge in [-0.15, -0.1) is 0 Å². The maximum atomic E-state index is 12.0. The van der Waals surface area contributed by atoms with Crippen molar-refractivity contribution < 1.29 is 9.32 Å². The van der Waals surface area contributed by atoms with Gasteiger partial charge in [-0.1, -0.05) is 5.16 Å². The first-order chi connectivity index (χ1) is 8.56. The SMILES string of the molecule is Cc1noc(CNC(=O)c2cc(I)ccc2Br)n1. The number of hydrogen-bond acceptors (Lipinski definition) is 4. The van der Waals surface area contributed by atoms with Gasteiger partial charge in [0.2, 0.25) is 5.89 Å². The summed E-state index contributed by atoms with van der Waals surface area (Å²) >= 11 is 5.50. The summed E-state index contributed by atoms with van der Waals surface area (Å²) in [6, 6.07) is 5.56. The average molecular weight is 422 g/mol. The third-order valence-electron chi connectivity index (χ3n) is 2.14. The van der Waals surface area contributed by atoms with E-state index in [4.69, 9.17) is 4.52 Å². The number of benzene rings is 1. The fraction of sp³-hybridized carbons (Fsp3) is 0.182. The van der Waals surface area contributed by atoms with Crippen LogP contribution in [0.15, 0.2) is 27.2 Å². The van der Waals surface area contributed by atoms with E-state index in [2.05, 4.69) is 54.0 Å². The van der Waals surface area contributed by atoms with Crippen LogP contribution in [0, 0.1) is 10.5 Å². The Kier molecular flexibility index (Phi) is 4.33. The van der Waals surface area contributed by atoms with Crippen LogP contribution in [0.1, 0.15) is 22.1 Å². The molecule has 0 aliphatic rings. The molecule has 2 aromatic rings. The van der Waals surface area contributed by atoms with Gasteiger partial charge in [0.1, 0.15) is 0 Å². The quantitative estimate of drug-likeness (QED) is 0.773. The predicted octanol–water partition coefficient (Wildman–Crippen LogP) is 2.68. The Labute approximate surface area is 126 Å². The van der Waals surface area contributed by atoms with Crippen LogP contribution in [0.2, 0.25) is 0 Å². The highest BCUT2D eigenvalue weighted by Gasteiger charge is 2.11.